The van der Waals surface area contributed by atoms with Crippen molar-refractivity contribution < 1.29 is 58.5 Å². The molecule has 21 nitrogen and oxygen atoms in total. The molecule has 59 heavy (non-hydrogen) atoms. The van der Waals surface area contributed by atoms with E-state index < -0.39 is 115 Å². The fourth-order valence-electron chi connectivity index (χ4n) is 5.52. The lowest BCUT2D eigenvalue weighted by Crippen LogP contribution is -2.58. The van der Waals surface area contributed by atoms with E-state index in [0.29, 0.717) is 11.3 Å². The number of rotatable bonds is 24. The Balaban J connectivity index is 1.70. The van der Waals surface area contributed by atoms with Crippen molar-refractivity contribution in [2.75, 3.05) is 6.54 Å². The smallest absolute Gasteiger partial charge is 0.326 e. The Bertz CT molecular complexity index is 1930. The Kier molecular flexibility index (Phi) is 18.1. The first kappa shape index (κ1) is 46.2. The summed E-state index contributed by atoms with van der Waals surface area (Å²) in [7, 11) is 0. The van der Waals surface area contributed by atoms with Crippen molar-refractivity contribution in [1.29, 1.82) is 0 Å². The lowest BCUT2D eigenvalue weighted by Gasteiger charge is -2.24. The Labute approximate surface area is 337 Å². The van der Waals surface area contributed by atoms with Gasteiger partial charge in [-0.25, -0.2) is 9.78 Å². The minimum atomic E-state index is -1.65. The van der Waals surface area contributed by atoms with E-state index in [9.17, 15) is 53.4 Å². The van der Waals surface area contributed by atoms with Crippen LogP contribution in [0.15, 0.2) is 73.2 Å². The number of carbonyl (C=O) groups is 9. The van der Waals surface area contributed by atoms with E-state index in [-0.39, 0.29) is 19.3 Å². The summed E-state index contributed by atoms with van der Waals surface area (Å²) in [4.78, 5) is 120. The number of benzene rings is 2. The van der Waals surface area contributed by atoms with Gasteiger partial charge >= 0.3 is 17.9 Å². The predicted molar refractivity (Wildman–Crippen MR) is 206 cm³/mol. The standard InChI is InChI=1S/C38H47N9O12/c1-21(33(53)45-26(38(58)59)12-13-31(49)50)43-36(56)27(15-23-10-6-3-7-11-23)44-30(48)19-41-35(55)28(16-24-18-40-20-42-24)47-37(57)29(17-32(51)52)46-34(54)25(39)14-22-8-4-2-5-9-22/h2-11,18,20-21,25-29H,12-17,19,39H2,1H3,(H,40,42)(H,41,55)(H,43,56)(H,44,48)(H,45,53)(H,46,54)(H,47,57)(H,49,50)(H,51,52)(H,58,59)/t21-,25-,26-,27-,28-,29-/m0/s1. The summed E-state index contributed by atoms with van der Waals surface area (Å²) in [5.41, 5.74) is 7.72. The molecule has 0 fully saturated rings. The normalized spacial score (nSPS) is 13.8. The summed E-state index contributed by atoms with van der Waals surface area (Å²) in [6, 6.07) is 8.75. The van der Waals surface area contributed by atoms with Gasteiger partial charge in [-0.1, -0.05) is 60.7 Å². The molecule has 6 atom stereocenters. The molecule has 3 rings (SSSR count). The van der Waals surface area contributed by atoms with Gasteiger partial charge in [0.15, 0.2) is 0 Å². The summed E-state index contributed by atoms with van der Waals surface area (Å²) in [5, 5.41) is 42.0. The molecule has 2 aromatic carbocycles. The van der Waals surface area contributed by atoms with Crippen LogP contribution in [0.3, 0.4) is 0 Å². The Morgan fingerprint density at radius 3 is 1.76 bits per heavy atom. The number of hydrogen-bond donors (Lipinski definition) is 11. The quantitative estimate of drug-likeness (QED) is 0.0455. The van der Waals surface area contributed by atoms with Gasteiger partial charge in [0.2, 0.25) is 35.4 Å². The second-order valence-electron chi connectivity index (χ2n) is 13.4. The summed E-state index contributed by atoms with van der Waals surface area (Å²) in [5.74, 6) is -9.60. The molecule has 0 aliphatic rings. The lowest BCUT2D eigenvalue weighted by atomic mass is 10.0. The fraction of sp³-hybridized carbons (Fsp3) is 0.368. The van der Waals surface area contributed by atoms with E-state index in [4.69, 9.17) is 10.8 Å². The second kappa shape index (κ2) is 23.2. The maximum absolute atomic E-state index is 13.5. The molecule has 0 unspecified atom stereocenters. The van der Waals surface area contributed by atoms with Gasteiger partial charge in [0.05, 0.1) is 25.3 Å². The van der Waals surface area contributed by atoms with Gasteiger partial charge in [-0.15, -0.1) is 0 Å². The molecule has 0 aliphatic carbocycles. The van der Waals surface area contributed by atoms with Crippen molar-refractivity contribution in [3.63, 3.8) is 0 Å². The second-order valence-corrected chi connectivity index (χ2v) is 13.4. The highest BCUT2D eigenvalue weighted by atomic mass is 16.4. The van der Waals surface area contributed by atoms with Crippen LogP contribution in [0.2, 0.25) is 0 Å². The minimum absolute atomic E-state index is 0.0821. The van der Waals surface area contributed by atoms with E-state index >= 15 is 0 Å². The van der Waals surface area contributed by atoms with Crippen molar-refractivity contribution in [2.24, 2.45) is 5.73 Å². The first-order chi connectivity index (χ1) is 28.0. The number of aromatic amines is 1. The number of carbonyl (C=O) groups excluding carboxylic acids is 6. The lowest BCUT2D eigenvalue weighted by molar-refractivity contribution is -0.143. The molecule has 1 aromatic heterocycles. The number of nitrogens with one attached hydrogen (secondary N) is 7. The van der Waals surface area contributed by atoms with E-state index in [1.807, 2.05) is 0 Å². The average molecular weight is 822 g/mol. The van der Waals surface area contributed by atoms with Crippen LogP contribution in [0.5, 0.6) is 0 Å². The van der Waals surface area contributed by atoms with Gasteiger partial charge in [-0.05, 0) is 30.9 Å². The van der Waals surface area contributed by atoms with E-state index in [0.717, 1.165) is 5.56 Å². The summed E-state index contributed by atoms with van der Waals surface area (Å²) < 4.78 is 0. The molecule has 0 spiro atoms. The fourth-order valence-corrected chi connectivity index (χ4v) is 5.52. The van der Waals surface area contributed by atoms with Crippen LogP contribution in [0.4, 0.5) is 0 Å². The van der Waals surface area contributed by atoms with Crippen molar-refractivity contribution >= 4 is 53.4 Å². The van der Waals surface area contributed by atoms with Gasteiger partial charge in [0.25, 0.3) is 0 Å². The van der Waals surface area contributed by atoms with Crippen LogP contribution in [-0.2, 0) is 62.4 Å². The zero-order valence-corrected chi connectivity index (χ0v) is 31.9. The predicted octanol–water partition coefficient (Wildman–Crippen LogP) is -2.25. The van der Waals surface area contributed by atoms with E-state index in [2.05, 4.69) is 41.9 Å². The van der Waals surface area contributed by atoms with Gasteiger partial charge in [-0.3, -0.25) is 38.4 Å². The number of carboxylic acid groups (broad SMARTS) is 3. The number of aromatic nitrogens is 2. The summed E-state index contributed by atoms with van der Waals surface area (Å²) in [6.07, 6.45) is 0.673. The highest BCUT2D eigenvalue weighted by molar-refractivity contribution is 5.97. The third-order valence-corrected chi connectivity index (χ3v) is 8.63. The molecular weight excluding hydrogens is 774 g/mol. The van der Waals surface area contributed by atoms with E-state index in [1.165, 1.54) is 19.4 Å². The molecule has 0 saturated heterocycles. The summed E-state index contributed by atoms with van der Waals surface area (Å²) in [6.45, 7) is 0.529. The van der Waals surface area contributed by atoms with Gasteiger partial charge < -0.3 is 57.9 Å². The van der Waals surface area contributed by atoms with Crippen LogP contribution in [-0.4, -0.2) is 121 Å². The van der Waals surface area contributed by atoms with E-state index in [1.54, 1.807) is 60.7 Å². The number of H-pyrrole nitrogens is 1. The monoisotopic (exact) mass is 821 g/mol. The third kappa shape index (κ3) is 16.5. The number of imidazole rings is 1. The molecule has 1 heterocycles. The number of nitrogens with zero attached hydrogens (tertiary/aromatic N) is 1. The Hall–Kier alpha value is -7.16. The highest BCUT2D eigenvalue weighted by Crippen LogP contribution is 2.07. The largest absolute Gasteiger partial charge is 0.481 e. The minimum Gasteiger partial charge on any atom is -0.481 e. The first-order valence-corrected chi connectivity index (χ1v) is 18.3. The van der Waals surface area contributed by atoms with Gasteiger partial charge in [-0.2, -0.15) is 0 Å². The number of nitrogens with two attached hydrogens (primary N) is 1. The molecule has 316 valence electrons. The third-order valence-electron chi connectivity index (χ3n) is 8.63. The number of aliphatic carboxylic acids is 3. The highest BCUT2D eigenvalue weighted by Gasteiger charge is 2.32. The van der Waals surface area contributed by atoms with Gasteiger partial charge in [0, 0.05) is 31.2 Å². The van der Waals surface area contributed by atoms with Crippen LogP contribution in [0, 0.1) is 0 Å². The van der Waals surface area contributed by atoms with Crippen LogP contribution in [0.25, 0.3) is 0 Å². The van der Waals surface area contributed by atoms with Gasteiger partial charge in [0.1, 0.15) is 30.2 Å². The molecule has 21 heteroatoms. The maximum atomic E-state index is 13.5. The Morgan fingerprint density at radius 2 is 1.20 bits per heavy atom. The number of hydrogen-bond acceptors (Lipinski definition) is 11. The molecular formula is C38H47N9O12. The molecule has 12 N–H and O–H groups in total. The first-order valence-electron chi connectivity index (χ1n) is 18.3. The van der Waals surface area contributed by atoms with Crippen LogP contribution >= 0.6 is 0 Å². The van der Waals surface area contributed by atoms with Crippen molar-refractivity contribution in [1.82, 2.24) is 41.9 Å². The SMILES string of the molecule is C[C@H](NC(=O)[C@H](Cc1ccccc1)NC(=O)CNC(=O)[C@H](Cc1cnc[nH]1)NC(=O)[C@H](CC(=O)O)NC(=O)[C@@H](N)Cc1ccccc1)C(=O)N[C@@H](CCC(=O)O)C(=O)O. The maximum Gasteiger partial charge on any atom is 0.326 e. The topological polar surface area (TPSA) is 341 Å². The molecule has 0 radical (unpaired) electrons. The van der Waals surface area contributed by atoms with Crippen LogP contribution < -0.4 is 37.6 Å². The zero-order valence-electron chi connectivity index (χ0n) is 31.9. The number of carboxylic acids is 3. The number of amides is 6. The molecule has 0 saturated carbocycles. The molecule has 0 aliphatic heterocycles. The zero-order chi connectivity index (χ0) is 43.5. The summed E-state index contributed by atoms with van der Waals surface area (Å²) >= 11 is 0. The Morgan fingerprint density at radius 1 is 0.644 bits per heavy atom. The van der Waals surface area contributed by atoms with Crippen molar-refractivity contribution in [2.45, 2.75) is 81.7 Å². The van der Waals surface area contributed by atoms with Crippen LogP contribution in [0.1, 0.15) is 43.0 Å². The molecule has 6 amide bonds. The average Bonchev–Trinajstić information content (AvgIpc) is 3.71. The van der Waals surface area contributed by atoms with Crippen molar-refractivity contribution in [3.8, 4) is 0 Å². The molecule has 0 bridgehead atoms. The molecule has 3 aromatic rings. The van der Waals surface area contributed by atoms with Crippen molar-refractivity contribution in [3.05, 3.63) is 90.0 Å².